The highest BCUT2D eigenvalue weighted by molar-refractivity contribution is 5.73. The van der Waals surface area contributed by atoms with Gasteiger partial charge in [-0.3, -0.25) is 4.79 Å². The number of rotatable bonds is 3. The number of ether oxygens (including phenoxy) is 1. The predicted molar refractivity (Wildman–Crippen MR) is 67.6 cm³/mol. The normalized spacial score (nSPS) is 24.5. The van der Waals surface area contributed by atoms with Crippen molar-refractivity contribution < 1.29 is 9.53 Å². The van der Waals surface area contributed by atoms with Crippen LogP contribution >= 0.6 is 0 Å². The Labute approximate surface area is 103 Å². The molecule has 0 aliphatic carbocycles. The molecule has 0 aromatic heterocycles. The molecule has 17 heavy (non-hydrogen) atoms. The van der Waals surface area contributed by atoms with Gasteiger partial charge in [0.2, 0.25) is 0 Å². The van der Waals surface area contributed by atoms with Crippen LogP contribution in [0.5, 0.6) is 0 Å². The molecular weight excluding hydrogens is 212 g/mol. The van der Waals surface area contributed by atoms with Crippen LogP contribution in [0.1, 0.15) is 49.8 Å². The molecule has 2 heteroatoms. The Morgan fingerprint density at radius 3 is 2.53 bits per heavy atom. The van der Waals surface area contributed by atoms with Gasteiger partial charge < -0.3 is 4.74 Å². The van der Waals surface area contributed by atoms with Gasteiger partial charge in [0.1, 0.15) is 6.10 Å². The molecule has 2 nitrogen and oxygen atoms in total. The zero-order valence-electron chi connectivity index (χ0n) is 10.6. The predicted octanol–water partition coefficient (Wildman–Crippen LogP) is 3.79. The number of hydrogen-bond donors (Lipinski definition) is 0. The van der Waals surface area contributed by atoms with Crippen LogP contribution in [0.15, 0.2) is 24.3 Å². The van der Waals surface area contributed by atoms with E-state index >= 15 is 0 Å². The van der Waals surface area contributed by atoms with Gasteiger partial charge in [-0.25, -0.2) is 0 Å². The van der Waals surface area contributed by atoms with Gasteiger partial charge in [-0.1, -0.05) is 43.2 Å². The molecule has 0 saturated carbocycles. The average Bonchev–Trinajstić information content (AvgIpc) is 2.33. The zero-order chi connectivity index (χ0) is 12.3. The van der Waals surface area contributed by atoms with Crippen LogP contribution in [0.2, 0.25) is 0 Å². The molecule has 0 N–H and O–H groups in total. The van der Waals surface area contributed by atoms with Crippen molar-refractivity contribution in [3.63, 3.8) is 0 Å². The third-order valence-corrected chi connectivity index (χ3v) is 3.46. The Kier molecular flexibility index (Phi) is 3.82. The van der Waals surface area contributed by atoms with Gasteiger partial charge in [0.25, 0.3) is 0 Å². The van der Waals surface area contributed by atoms with Crippen LogP contribution < -0.4 is 0 Å². The van der Waals surface area contributed by atoms with Gasteiger partial charge in [-0.15, -0.1) is 0 Å². The maximum Gasteiger partial charge on any atom is 0.309 e. The molecule has 1 aromatic carbocycles. The van der Waals surface area contributed by atoms with E-state index in [0.717, 1.165) is 31.2 Å². The summed E-state index contributed by atoms with van der Waals surface area (Å²) in [7, 11) is 0. The molecule has 0 amide bonds. The molecule has 1 saturated heterocycles. The summed E-state index contributed by atoms with van der Waals surface area (Å²) in [5, 5.41) is 0. The summed E-state index contributed by atoms with van der Waals surface area (Å²) in [5.74, 6) is 0.116. The molecule has 2 atom stereocenters. The maximum atomic E-state index is 11.8. The van der Waals surface area contributed by atoms with E-state index in [1.807, 2.05) is 0 Å². The van der Waals surface area contributed by atoms with E-state index in [9.17, 15) is 4.79 Å². The van der Waals surface area contributed by atoms with Crippen molar-refractivity contribution in [2.45, 2.75) is 45.6 Å². The molecule has 2 unspecified atom stereocenters. The molecule has 2 rings (SSSR count). The summed E-state index contributed by atoms with van der Waals surface area (Å²) in [6, 6.07) is 8.27. The van der Waals surface area contributed by atoms with E-state index in [0.29, 0.717) is 0 Å². The molecule has 92 valence electrons. The number of carbonyl (C=O) groups is 1. The summed E-state index contributed by atoms with van der Waals surface area (Å²) in [6.45, 7) is 4.17. The van der Waals surface area contributed by atoms with E-state index in [4.69, 9.17) is 4.74 Å². The third kappa shape index (κ3) is 2.87. The Bertz CT molecular complexity index is 380. The third-order valence-electron chi connectivity index (χ3n) is 3.46. The standard InChI is InChI=1S/C15H20O2/c1-3-4-13-9-10-14(17-15(13)16)12-7-5-11(2)6-8-12/h5-8,13-14H,3-4,9-10H2,1-2H3. The second-order valence-corrected chi connectivity index (χ2v) is 4.90. The van der Waals surface area contributed by atoms with Gasteiger partial charge in [-0.05, 0) is 31.7 Å². The van der Waals surface area contributed by atoms with Gasteiger partial charge in [0.15, 0.2) is 0 Å². The highest BCUT2D eigenvalue weighted by Crippen LogP contribution is 2.33. The summed E-state index contributed by atoms with van der Waals surface area (Å²) in [4.78, 5) is 11.8. The fraction of sp³-hybridized carbons (Fsp3) is 0.533. The number of esters is 1. The van der Waals surface area contributed by atoms with Crippen LogP contribution in [-0.2, 0) is 9.53 Å². The van der Waals surface area contributed by atoms with E-state index in [1.165, 1.54) is 5.56 Å². The van der Waals surface area contributed by atoms with Gasteiger partial charge >= 0.3 is 5.97 Å². The van der Waals surface area contributed by atoms with Crippen molar-refractivity contribution in [3.8, 4) is 0 Å². The van der Waals surface area contributed by atoms with Crippen molar-refractivity contribution in [1.82, 2.24) is 0 Å². The minimum atomic E-state index is -0.0313. The molecular formula is C15H20O2. The minimum absolute atomic E-state index is 0.0105. The Morgan fingerprint density at radius 2 is 1.94 bits per heavy atom. The van der Waals surface area contributed by atoms with Crippen LogP contribution in [0, 0.1) is 12.8 Å². The molecule has 1 heterocycles. The Morgan fingerprint density at radius 1 is 1.24 bits per heavy atom. The lowest BCUT2D eigenvalue weighted by Gasteiger charge is -2.28. The van der Waals surface area contributed by atoms with Crippen molar-refractivity contribution in [3.05, 3.63) is 35.4 Å². The first-order valence-corrected chi connectivity index (χ1v) is 6.47. The van der Waals surface area contributed by atoms with Gasteiger partial charge in [0, 0.05) is 0 Å². The average molecular weight is 232 g/mol. The lowest BCUT2D eigenvalue weighted by atomic mass is 9.91. The molecule has 1 fully saturated rings. The van der Waals surface area contributed by atoms with Crippen molar-refractivity contribution in [2.24, 2.45) is 5.92 Å². The SMILES string of the molecule is CCCC1CCC(c2ccc(C)cc2)OC1=O. The molecule has 1 aromatic rings. The first-order valence-electron chi connectivity index (χ1n) is 6.47. The molecule has 1 aliphatic rings. The number of carbonyl (C=O) groups excluding carboxylic acids is 1. The van der Waals surface area contributed by atoms with E-state index < -0.39 is 0 Å². The smallest absolute Gasteiger partial charge is 0.309 e. The fourth-order valence-corrected chi connectivity index (χ4v) is 2.39. The highest BCUT2D eigenvalue weighted by atomic mass is 16.5. The number of aryl methyl sites for hydroxylation is 1. The fourth-order valence-electron chi connectivity index (χ4n) is 2.39. The topological polar surface area (TPSA) is 26.3 Å². The number of cyclic esters (lactones) is 1. The molecule has 0 spiro atoms. The first kappa shape index (κ1) is 12.2. The monoisotopic (exact) mass is 232 g/mol. The highest BCUT2D eigenvalue weighted by Gasteiger charge is 2.29. The molecule has 0 bridgehead atoms. The Hall–Kier alpha value is -1.31. The van der Waals surface area contributed by atoms with Crippen LogP contribution in [0.4, 0.5) is 0 Å². The number of hydrogen-bond acceptors (Lipinski definition) is 2. The minimum Gasteiger partial charge on any atom is -0.457 e. The maximum absolute atomic E-state index is 11.8. The summed E-state index contributed by atoms with van der Waals surface area (Å²) in [5.41, 5.74) is 2.36. The summed E-state index contributed by atoms with van der Waals surface area (Å²) < 4.78 is 5.54. The zero-order valence-corrected chi connectivity index (χ0v) is 10.6. The largest absolute Gasteiger partial charge is 0.457 e. The molecule has 1 aliphatic heterocycles. The second-order valence-electron chi connectivity index (χ2n) is 4.90. The van der Waals surface area contributed by atoms with Gasteiger partial charge in [0.05, 0.1) is 5.92 Å². The van der Waals surface area contributed by atoms with Gasteiger partial charge in [-0.2, -0.15) is 0 Å². The Balaban J connectivity index is 2.01. The first-order chi connectivity index (χ1) is 8.20. The lowest BCUT2D eigenvalue weighted by molar-refractivity contribution is -0.161. The molecule has 0 radical (unpaired) electrons. The van der Waals surface area contributed by atoms with Crippen LogP contribution in [0.3, 0.4) is 0 Å². The van der Waals surface area contributed by atoms with E-state index in [-0.39, 0.29) is 18.0 Å². The van der Waals surface area contributed by atoms with E-state index in [2.05, 4.69) is 38.1 Å². The van der Waals surface area contributed by atoms with Crippen LogP contribution in [0.25, 0.3) is 0 Å². The van der Waals surface area contributed by atoms with Crippen molar-refractivity contribution in [1.29, 1.82) is 0 Å². The van der Waals surface area contributed by atoms with E-state index in [1.54, 1.807) is 0 Å². The quantitative estimate of drug-likeness (QED) is 0.741. The van der Waals surface area contributed by atoms with Crippen molar-refractivity contribution in [2.75, 3.05) is 0 Å². The summed E-state index contributed by atoms with van der Waals surface area (Å²) >= 11 is 0. The van der Waals surface area contributed by atoms with Crippen molar-refractivity contribution >= 4 is 5.97 Å². The summed E-state index contributed by atoms with van der Waals surface area (Å²) in [6.07, 6.45) is 3.90. The second kappa shape index (κ2) is 5.35. The number of benzene rings is 1. The van der Waals surface area contributed by atoms with Crippen LogP contribution in [-0.4, -0.2) is 5.97 Å². The lowest BCUT2D eigenvalue weighted by Crippen LogP contribution is -2.26.